The van der Waals surface area contributed by atoms with Gasteiger partial charge in [0.1, 0.15) is 20.3 Å². The van der Waals surface area contributed by atoms with Crippen molar-refractivity contribution in [1.29, 1.82) is 0 Å². The number of rotatable bonds is 12. The van der Waals surface area contributed by atoms with E-state index in [1.165, 1.54) is 7.11 Å². The highest BCUT2D eigenvalue weighted by molar-refractivity contribution is 7.66. The fraction of sp³-hybridized carbons (Fsp3) is 0.846. The van der Waals surface area contributed by atoms with Gasteiger partial charge in [-0.25, -0.2) is 0 Å². The maximum atomic E-state index is 11.5. The van der Waals surface area contributed by atoms with E-state index in [0.717, 1.165) is 14.6 Å². The second-order valence-corrected chi connectivity index (χ2v) is 5.90. The van der Waals surface area contributed by atoms with E-state index in [2.05, 4.69) is 7.57 Å². The molecule has 0 aliphatic heterocycles. The Morgan fingerprint density at radius 2 is 1.71 bits per heavy atom. The van der Waals surface area contributed by atoms with Crippen LogP contribution >= 0.6 is 8.46 Å². The molecule has 0 rings (SSSR count). The van der Waals surface area contributed by atoms with Crippen LogP contribution in [0.2, 0.25) is 0 Å². The van der Waals surface area contributed by atoms with Crippen LogP contribution in [0, 0.1) is 0 Å². The standard InChI is InChI=1S/C13H26BO6P/c1-10(17-3)8-13(16)20-11(2)9-12(15)19-5-4-18-6-7-21-14/h10-11,21H,4-9,14H2,1-3H3. The summed E-state index contributed by atoms with van der Waals surface area (Å²) in [7, 11) is 4.51. The Balaban J connectivity index is 3.67. The molecular formula is C13H26BO6P. The molecule has 0 aromatic heterocycles. The number of ether oxygens (including phenoxy) is 4. The van der Waals surface area contributed by atoms with Crippen LogP contribution in [-0.2, 0) is 28.5 Å². The molecule has 6 nitrogen and oxygen atoms in total. The van der Waals surface area contributed by atoms with Gasteiger partial charge in [-0.05, 0) is 20.0 Å². The molecule has 0 N–H and O–H groups in total. The number of carbonyl (C=O) groups is 2. The predicted molar refractivity (Wildman–Crippen MR) is 84.8 cm³/mol. The third-order valence-electron chi connectivity index (χ3n) is 2.63. The number of hydrogen-bond donors (Lipinski definition) is 0. The summed E-state index contributed by atoms with van der Waals surface area (Å²) in [4.78, 5) is 23.0. The largest absolute Gasteiger partial charge is 0.463 e. The molecule has 0 aromatic rings. The van der Waals surface area contributed by atoms with E-state index in [1.54, 1.807) is 13.8 Å². The Labute approximate surface area is 129 Å². The van der Waals surface area contributed by atoms with Gasteiger partial charge in [0.15, 0.2) is 0 Å². The number of carbonyl (C=O) groups excluding carboxylic acids is 2. The molecule has 0 fully saturated rings. The third kappa shape index (κ3) is 12.8. The van der Waals surface area contributed by atoms with Gasteiger partial charge in [0, 0.05) is 13.7 Å². The fourth-order valence-corrected chi connectivity index (χ4v) is 1.77. The molecule has 0 aliphatic carbocycles. The number of esters is 2. The van der Waals surface area contributed by atoms with E-state index in [-0.39, 0.29) is 31.5 Å². The molecule has 0 saturated carbocycles. The van der Waals surface area contributed by atoms with E-state index in [9.17, 15) is 9.59 Å². The highest BCUT2D eigenvalue weighted by atomic mass is 31.1. The first-order valence-electron chi connectivity index (χ1n) is 7.09. The maximum absolute atomic E-state index is 11.5. The average molecular weight is 320 g/mol. The summed E-state index contributed by atoms with van der Waals surface area (Å²) in [5, 5.41) is 0. The Morgan fingerprint density at radius 1 is 1.05 bits per heavy atom. The SMILES string of the molecule is BPCCOCCOC(=O)CC(C)OC(=O)CC(C)OC. The lowest BCUT2D eigenvalue weighted by molar-refractivity contribution is -0.156. The molecule has 0 aromatic carbocycles. The van der Waals surface area contributed by atoms with Gasteiger partial charge in [0.25, 0.3) is 0 Å². The van der Waals surface area contributed by atoms with Gasteiger partial charge in [-0.15, -0.1) is 0 Å². The molecule has 3 atom stereocenters. The van der Waals surface area contributed by atoms with Crippen molar-refractivity contribution in [3.05, 3.63) is 0 Å². The Bertz CT molecular complexity index is 302. The van der Waals surface area contributed by atoms with Crippen molar-refractivity contribution in [3.8, 4) is 0 Å². The van der Waals surface area contributed by atoms with Crippen molar-refractivity contribution in [2.45, 2.75) is 38.9 Å². The van der Waals surface area contributed by atoms with Crippen LogP contribution in [0.1, 0.15) is 26.7 Å². The van der Waals surface area contributed by atoms with Crippen LogP contribution in [0.3, 0.4) is 0 Å². The van der Waals surface area contributed by atoms with Gasteiger partial charge < -0.3 is 18.9 Å². The lowest BCUT2D eigenvalue weighted by Crippen LogP contribution is -2.23. The second-order valence-electron chi connectivity index (χ2n) is 4.69. The van der Waals surface area contributed by atoms with Crippen molar-refractivity contribution in [3.63, 3.8) is 0 Å². The highest BCUT2D eigenvalue weighted by Gasteiger charge is 2.16. The van der Waals surface area contributed by atoms with E-state index in [4.69, 9.17) is 18.9 Å². The molecular weight excluding hydrogens is 294 g/mol. The minimum atomic E-state index is -0.503. The van der Waals surface area contributed by atoms with E-state index < -0.39 is 12.1 Å². The van der Waals surface area contributed by atoms with Crippen molar-refractivity contribution >= 4 is 28.0 Å². The first kappa shape index (κ1) is 20.4. The van der Waals surface area contributed by atoms with Gasteiger partial charge in [0.2, 0.25) is 0 Å². The summed E-state index contributed by atoms with van der Waals surface area (Å²) in [6.07, 6.45) is 0.542. The number of hydrogen-bond acceptors (Lipinski definition) is 6. The average Bonchev–Trinajstić information content (AvgIpc) is 2.41. The van der Waals surface area contributed by atoms with Crippen LogP contribution in [0.15, 0.2) is 0 Å². The van der Waals surface area contributed by atoms with Gasteiger partial charge in [-0.2, -0.15) is 8.46 Å². The van der Waals surface area contributed by atoms with Gasteiger partial charge in [-0.1, -0.05) is 0 Å². The molecule has 0 heterocycles. The maximum Gasteiger partial charge on any atom is 0.309 e. The highest BCUT2D eigenvalue weighted by Crippen LogP contribution is 2.05. The van der Waals surface area contributed by atoms with Crippen LogP contribution in [-0.4, -0.2) is 64.8 Å². The Kier molecular flexibility index (Phi) is 12.6. The summed E-state index contributed by atoms with van der Waals surface area (Å²) < 4.78 is 20.4. The topological polar surface area (TPSA) is 71.1 Å². The molecule has 21 heavy (non-hydrogen) atoms. The normalized spacial score (nSPS) is 14.0. The zero-order valence-electron chi connectivity index (χ0n) is 13.3. The van der Waals surface area contributed by atoms with Gasteiger partial charge >= 0.3 is 11.9 Å². The molecule has 0 bridgehead atoms. The Hall–Kier alpha value is -0.645. The number of methoxy groups -OCH3 is 1. The van der Waals surface area contributed by atoms with Crippen molar-refractivity contribution < 1.29 is 28.5 Å². The summed E-state index contributed by atoms with van der Waals surface area (Å²) in [5.74, 6) is -0.774. The zero-order chi connectivity index (χ0) is 16.1. The second kappa shape index (κ2) is 13.0. The van der Waals surface area contributed by atoms with Crippen LogP contribution in [0.5, 0.6) is 0 Å². The van der Waals surface area contributed by atoms with E-state index in [1.807, 2.05) is 0 Å². The molecule has 0 radical (unpaired) electrons. The first-order chi connectivity index (χ1) is 9.99. The quantitative estimate of drug-likeness (QED) is 0.226. The third-order valence-corrected chi connectivity index (χ3v) is 3.33. The van der Waals surface area contributed by atoms with E-state index >= 15 is 0 Å². The lowest BCUT2D eigenvalue weighted by Gasteiger charge is -2.14. The molecule has 122 valence electrons. The summed E-state index contributed by atoms with van der Waals surface area (Å²) in [6.45, 7) is 4.76. The van der Waals surface area contributed by atoms with Crippen LogP contribution in [0.4, 0.5) is 0 Å². The molecule has 0 amide bonds. The molecule has 0 saturated heterocycles. The molecule has 0 spiro atoms. The van der Waals surface area contributed by atoms with Crippen molar-refractivity contribution in [2.24, 2.45) is 0 Å². The summed E-state index contributed by atoms with van der Waals surface area (Å²) in [6, 6.07) is 0. The first-order valence-corrected chi connectivity index (χ1v) is 8.80. The van der Waals surface area contributed by atoms with Crippen molar-refractivity contribution in [2.75, 3.05) is 33.1 Å². The van der Waals surface area contributed by atoms with Gasteiger partial charge in [0.05, 0.1) is 25.6 Å². The van der Waals surface area contributed by atoms with Gasteiger partial charge in [-0.3, -0.25) is 9.59 Å². The monoisotopic (exact) mass is 320 g/mol. The van der Waals surface area contributed by atoms with E-state index in [0.29, 0.717) is 13.2 Å². The van der Waals surface area contributed by atoms with Crippen LogP contribution in [0.25, 0.3) is 0 Å². The molecule has 3 unspecified atom stereocenters. The van der Waals surface area contributed by atoms with Crippen molar-refractivity contribution in [1.82, 2.24) is 0 Å². The smallest absolute Gasteiger partial charge is 0.309 e. The summed E-state index contributed by atoms with van der Waals surface area (Å²) in [5.41, 5.74) is 0. The zero-order valence-corrected chi connectivity index (χ0v) is 14.3. The summed E-state index contributed by atoms with van der Waals surface area (Å²) >= 11 is 0. The predicted octanol–water partition coefficient (Wildman–Crippen LogP) is 0.520. The lowest BCUT2D eigenvalue weighted by atomic mass is 10.2. The minimum Gasteiger partial charge on any atom is -0.463 e. The fourth-order valence-electron chi connectivity index (χ4n) is 1.42. The molecule has 0 aliphatic rings. The minimum absolute atomic E-state index is 0.0451. The molecule has 8 heteroatoms. The van der Waals surface area contributed by atoms with Crippen LogP contribution < -0.4 is 0 Å². The Morgan fingerprint density at radius 3 is 2.33 bits per heavy atom.